The van der Waals surface area contributed by atoms with E-state index in [1.54, 1.807) is 7.11 Å². The maximum absolute atomic E-state index is 10.8. The van der Waals surface area contributed by atoms with E-state index >= 15 is 0 Å². The second-order valence-corrected chi connectivity index (χ2v) is 3.93. The topological polar surface area (TPSA) is 46.5 Å². The first-order valence-electron chi connectivity index (χ1n) is 5.42. The molecule has 3 heteroatoms. The van der Waals surface area contributed by atoms with Gasteiger partial charge in [-0.3, -0.25) is 4.79 Å². The molecule has 0 saturated heterocycles. The number of fused-ring (bicyclic) bond motifs is 1. The Bertz CT molecular complexity index is 546. The fourth-order valence-electron chi connectivity index (χ4n) is 2.02. The number of carbonyl (C=O) groups is 1. The Morgan fingerprint density at radius 2 is 2.00 bits per heavy atom. The van der Waals surface area contributed by atoms with Gasteiger partial charge in [-0.05, 0) is 21.9 Å². The van der Waals surface area contributed by atoms with Crippen molar-refractivity contribution in [2.75, 3.05) is 7.11 Å². The summed E-state index contributed by atoms with van der Waals surface area (Å²) in [5.41, 5.74) is 1.78. The molecular weight excluding hydrogens is 216 g/mol. The SMILES string of the molecule is COCc1c(CC(=O)O)ccc2ccccc12. The van der Waals surface area contributed by atoms with Crippen molar-refractivity contribution in [3.63, 3.8) is 0 Å². The number of benzene rings is 2. The number of hydrogen-bond acceptors (Lipinski definition) is 2. The average Bonchev–Trinajstić information content (AvgIpc) is 2.32. The summed E-state index contributed by atoms with van der Waals surface area (Å²) in [6.45, 7) is 0.434. The minimum atomic E-state index is -0.822. The molecule has 2 aromatic carbocycles. The van der Waals surface area contributed by atoms with Crippen molar-refractivity contribution < 1.29 is 14.6 Å². The third-order valence-electron chi connectivity index (χ3n) is 2.77. The summed E-state index contributed by atoms with van der Waals surface area (Å²) >= 11 is 0. The van der Waals surface area contributed by atoms with Crippen LogP contribution in [-0.2, 0) is 22.6 Å². The fraction of sp³-hybridized carbons (Fsp3) is 0.214. The van der Waals surface area contributed by atoms with Crippen LogP contribution in [0.25, 0.3) is 10.8 Å². The van der Waals surface area contributed by atoms with Crippen LogP contribution in [0.2, 0.25) is 0 Å². The predicted molar refractivity (Wildman–Crippen MR) is 66.0 cm³/mol. The van der Waals surface area contributed by atoms with Crippen LogP contribution in [0.4, 0.5) is 0 Å². The Morgan fingerprint density at radius 1 is 1.24 bits per heavy atom. The number of ether oxygens (including phenoxy) is 1. The molecule has 0 radical (unpaired) electrons. The molecule has 0 aliphatic carbocycles. The normalized spacial score (nSPS) is 10.6. The van der Waals surface area contributed by atoms with Gasteiger partial charge < -0.3 is 9.84 Å². The van der Waals surface area contributed by atoms with Crippen molar-refractivity contribution in [1.82, 2.24) is 0 Å². The van der Waals surface area contributed by atoms with Crippen molar-refractivity contribution in [1.29, 1.82) is 0 Å². The summed E-state index contributed by atoms with van der Waals surface area (Å²) in [6.07, 6.45) is 0.0313. The zero-order chi connectivity index (χ0) is 12.3. The summed E-state index contributed by atoms with van der Waals surface area (Å²) in [7, 11) is 1.62. The summed E-state index contributed by atoms with van der Waals surface area (Å²) < 4.78 is 5.17. The van der Waals surface area contributed by atoms with E-state index in [-0.39, 0.29) is 6.42 Å². The highest BCUT2D eigenvalue weighted by Crippen LogP contribution is 2.23. The van der Waals surface area contributed by atoms with E-state index in [4.69, 9.17) is 9.84 Å². The Kier molecular flexibility index (Phi) is 3.40. The second kappa shape index (κ2) is 4.97. The van der Waals surface area contributed by atoms with Crippen molar-refractivity contribution in [2.45, 2.75) is 13.0 Å². The lowest BCUT2D eigenvalue weighted by Crippen LogP contribution is -2.05. The molecule has 0 unspecified atom stereocenters. The summed E-state index contributed by atoms with van der Waals surface area (Å²) in [6, 6.07) is 11.7. The van der Waals surface area contributed by atoms with Gasteiger partial charge in [-0.25, -0.2) is 0 Å². The zero-order valence-corrected chi connectivity index (χ0v) is 9.64. The highest BCUT2D eigenvalue weighted by atomic mass is 16.5. The van der Waals surface area contributed by atoms with Crippen LogP contribution in [0.3, 0.4) is 0 Å². The predicted octanol–water partition coefficient (Wildman–Crippen LogP) is 2.61. The van der Waals surface area contributed by atoms with Gasteiger partial charge in [0.1, 0.15) is 0 Å². The largest absolute Gasteiger partial charge is 0.481 e. The molecule has 3 nitrogen and oxygen atoms in total. The Hall–Kier alpha value is -1.87. The van der Waals surface area contributed by atoms with E-state index < -0.39 is 5.97 Å². The van der Waals surface area contributed by atoms with Crippen LogP contribution in [-0.4, -0.2) is 18.2 Å². The molecule has 0 bridgehead atoms. The molecule has 0 aliphatic heterocycles. The first-order valence-corrected chi connectivity index (χ1v) is 5.42. The van der Waals surface area contributed by atoms with Crippen molar-refractivity contribution in [3.05, 3.63) is 47.5 Å². The Morgan fingerprint density at radius 3 is 2.71 bits per heavy atom. The molecule has 0 saturated carbocycles. The molecule has 0 aromatic heterocycles. The van der Waals surface area contributed by atoms with Gasteiger partial charge in [0.25, 0.3) is 0 Å². The van der Waals surface area contributed by atoms with E-state index in [9.17, 15) is 4.79 Å². The molecule has 88 valence electrons. The van der Waals surface area contributed by atoms with Gasteiger partial charge in [-0.1, -0.05) is 36.4 Å². The smallest absolute Gasteiger partial charge is 0.307 e. The lowest BCUT2D eigenvalue weighted by Gasteiger charge is -2.11. The molecule has 0 fully saturated rings. The van der Waals surface area contributed by atoms with Gasteiger partial charge in [0, 0.05) is 7.11 Å². The van der Waals surface area contributed by atoms with Crippen molar-refractivity contribution >= 4 is 16.7 Å². The number of hydrogen-bond donors (Lipinski definition) is 1. The lowest BCUT2D eigenvalue weighted by molar-refractivity contribution is -0.136. The molecule has 1 N–H and O–H groups in total. The average molecular weight is 230 g/mol. The number of carboxylic acids is 1. The summed E-state index contributed by atoms with van der Waals surface area (Å²) in [4.78, 5) is 10.8. The quantitative estimate of drug-likeness (QED) is 0.878. The number of rotatable bonds is 4. The molecule has 0 spiro atoms. The van der Waals surface area contributed by atoms with E-state index in [0.717, 1.165) is 21.9 Å². The van der Waals surface area contributed by atoms with Crippen molar-refractivity contribution in [3.8, 4) is 0 Å². The van der Waals surface area contributed by atoms with Gasteiger partial charge in [0.2, 0.25) is 0 Å². The number of carboxylic acid groups (broad SMARTS) is 1. The molecule has 0 atom stereocenters. The Balaban J connectivity index is 2.59. The van der Waals surface area contributed by atoms with Crippen LogP contribution in [0.15, 0.2) is 36.4 Å². The minimum Gasteiger partial charge on any atom is -0.481 e. The minimum absolute atomic E-state index is 0.0313. The maximum Gasteiger partial charge on any atom is 0.307 e. The monoisotopic (exact) mass is 230 g/mol. The van der Waals surface area contributed by atoms with E-state index in [2.05, 4.69) is 0 Å². The van der Waals surface area contributed by atoms with Gasteiger partial charge in [-0.15, -0.1) is 0 Å². The van der Waals surface area contributed by atoms with E-state index in [1.165, 1.54) is 0 Å². The summed E-state index contributed by atoms with van der Waals surface area (Å²) in [5, 5.41) is 11.1. The van der Waals surface area contributed by atoms with Gasteiger partial charge in [-0.2, -0.15) is 0 Å². The van der Waals surface area contributed by atoms with Crippen LogP contribution in [0.1, 0.15) is 11.1 Å². The zero-order valence-electron chi connectivity index (χ0n) is 9.64. The van der Waals surface area contributed by atoms with Crippen LogP contribution >= 0.6 is 0 Å². The standard InChI is InChI=1S/C14H14O3/c1-17-9-13-11(8-14(15)16)7-6-10-4-2-3-5-12(10)13/h2-7H,8-9H2,1H3,(H,15,16). The van der Waals surface area contributed by atoms with E-state index in [0.29, 0.717) is 6.61 Å². The molecular formula is C14H14O3. The Labute approximate surface area is 99.6 Å². The van der Waals surface area contributed by atoms with Gasteiger partial charge in [0.05, 0.1) is 13.0 Å². The lowest BCUT2D eigenvalue weighted by atomic mass is 9.97. The maximum atomic E-state index is 10.8. The highest BCUT2D eigenvalue weighted by molar-refractivity contribution is 5.87. The molecule has 2 aromatic rings. The highest BCUT2D eigenvalue weighted by Gasteiger charge is 2.10. The summed E-state index contributed by atoms with van der Waals surface area (Å²) in [5.74, 6) is -0.822. The van der Waals surface area contributed by atoms with E-state index in [1.807, 2.05) is 36.4 Å². The molecule has 2 rings (SSSR count). The van der Waals surface area contributed by atoms with Crippen LogP contribution in [0.5, 0.6) is 0 Å². The van der Waals surface area contributed by atoms with Gasteiger partial charge in [0.15, 0.2) is 0 Å². The van der Waals surface area contributed by atoms with Crippen molar-refractivity contribution in [2.24, 2.45) is 0 Å². The van der Waals surface area contributed by atoms with Crippen LogP contribution < -0.4 is 0 Å². The third kappa shape index (κ3) is 2.45. The van der Waals surface area contributed by atoms with Crippen LogP contribution in [0, 0.1) is 0 Å². The number of aliphatic carboxylic acids is 1. The molecule has 0 amide bonds. The molecule has 17 heavy (non-hydrogen) atoms. The second-order valence-electron chi connectivity index (χ2n) is 3.93. The number of methoxy groups -OCH3 is 1. The van der Waals surface area contributed by atoms with Gasteiger partial charge >= 0.3 is 5.97 Å². The first kappa shape index (κ1) is 11.6. The fourth-order valence-corrected chi connectivity index (χ4v) is 2.02. The first-order chi connectivity index (χ1) is 8.22. The molecule has 0 aliphatic rings. The molecule has 0 heterocycles. The third-order valence-corrected chi connectivity index (χ3v) is 2.77.